The van der Waals surface area contributed by atoms with Gasteiger partial charge in [0.05, 0.1) is 5.56 Å². The van der Waals surface area contributed by atoms with Gasteiger partial charge in [-0.1, -0.05) is 30.3 Å². The number of furan rings is 1. The molecule has 3 nitrogen and oxygen atoms in total. The third-order valence-electron chi connectivity index (χ3n) is 5.76. The van der Waals surface area contributed by atoms with E-state index in [0.29, 0.717) is 5.71 Å². The topological polar surface area (TPSA) is 29.9 Å². The number of hydrogen-bond donors (Lipinski definition) is 0. The lowest BCUT2D eigenvalue weighted by molar-refractivity contribution is -0.649. The maximum Gasteiger partial charge on any atom is 0.227 e. The van der Waals surface area contributed by atoms with E-state index in [1.807, 2.05) is 13.0 Å². The Bertz CT molecular complexity index is 1400. The minimum atomic E-state index is 0.699. The fourth-order valence-electron chi connectivity index (χ4n) is 4.20. The van der Waals surface area contributed by atoms with Crippen LogP contribution >= 0.6 is 0 Å². The highest BCUT2D eigenvalue weighted by Gasteiger charge is 2.23. The van der Waals surface area contributed by atoms with Crippen molar-refractivity contribution in [3.63, 3.8) is 0 Å². The number of pyridine rings is 2. The smallest absolute Gasteiger partial charge is 0.227 e. The van der Waals surface area contributed by atoms with Crippen LogP contribution in [0.5, 0.6) is 0 Å². The summed E-state index contributed by atoms with van der Waals surface area (Å²) < 4.78 is 8.56. The molecular formula is C26H23N2O+. The summed E-state index contributed by atoms with van der Waals surface area (Å²) in [5.41, 5.74) is 9.68. The van der Waals surface area contributed by atoms with Gasteiger partial charge in [0.15, 0.2) is 5.58 Å². The molecule has 0 amide bonds. The average Bonchev–Trinajstić information content (AvgIpc) is 3.06. The molecule has 3 aromatic heterocycles. The van der Waals surface area contributed by atoms with Crippen LogP contribution in [0.15, 0.2) is 71.1 Å². The molecule has 0 spiro atoms. The third kappa shape index (κ3) is 2.73. The fraction of sp³-hybridized carbons (Fsp3) is 0.154. The van der Waals surface area contributed by atoms with Crippen LogP contribution in [0.3, 0.4) is 0 Å². The Kier molecular flexibility index (Phi) is 3.99. The molecule has 142 valence electrons. The van der Waals surface area contributed by atoms with E-state index in [2.05, 4.69) is 91.1 Å². The molecule has 0 aliphatic heterocycles. The fourth-order valence-corrected chi connectivity index (χ4v) is 4.20. The van der Waals surface area contributed by atoms with Gasteiger partial charge in [-0.2, -0.15) is 4.57 Å². The van der Waals surface area contributed by atoms with Crippen molar-refractivity contribution in [3.05, 3.63) is 83.6 Å². The Balaban J connectivity index is 1.83. The van der Waals surface area contributed by atoms with E-state index in [0.717, 1.165) is 33.3 Å². The number of aryl methyl sites for hydroxylation is 3. The minimum absolute atomic E-state index is 0.699. The predicted octanol–water partition coefficient (Wildman–Crippen LogP) is 6.06. The highest BCUT2D eigenvalue weighted by molar-refractivity contribution is 6.08. The molecule has 3 heteroatoms. The van der Waals surface area contributed by atoms with E-state index in [1.54, 1.807) is 0 Å². The van der Waals surface area contributed by atoms with Crippen molar-refractivity contribution >= 4 is 22.1 Å². The van der Waals surface area contributed by atoms with E-state index >= 15 is 0 Å². The second kappa shape index (κ2) is 6.56. The summed E-state index contributed by atoms with van der Waals surface area (Å²) in [4.78, 5) is 4.60. The van der Waals surface area contributed by atoms with Crippen molar-refractivity contribution < 1.29 is 8.98 Å². The van der Waals surface area contributed by atoms with Gasteiger partial charge >= 0.3 is 0 Å². The summed E-state index contributed by atoms with van der Waals surface area (Å²) in [5.74, 6) is 0. The van der Waals surface area contributed by atoms with E-state index < -0.39 is 0 Å². The van der Waals surface area contributed by atoms with Crippen molar-refractivity contribution in [2.45, 2.75) is 20.8 Å². The van der Waals surface area contributed by atoms with Gasteiger partial charge in [0, 0.05) is 34.2 Å². The highest BCUT2D eigenvalue weighted by atomic mass is 16.3. The predicted molar refractivity (Wildman–Crippen MR) is 118 cm³/mol. The molecule has 0 atom stereocenters. The van der Waals surface area contributed by atoms with Crippen molar-refractivity contribution in [2.24, 2.45) is 7.05 Å². The lowest BCUT2D eigenvalue weighted by Gasteiger charge is -2.09. The molecule has 5 rings (SSSR count). The quantitative estimate of drug-likeness (QED) is 0.349. The van der Waals surface area contributed by atoms with Crippen LogP contribution in [-0.4, -0.2) is 4.98 Å². The Morgan fingerprint density at radius 1 is 0.724 bits per heavy atom. The van der Waals surface area contributed by atoms with Gasteiger partial charge in [-0.3, -0.25) is 0 Å². The number of nitrogens with zero attached hydrogens (tertiary/aromatic N) is 2. The van der Waals surface area contributed by atoms with Gasteiger partial charge in [-0.05, 0) is 56.2 Å². The first kappa shape index (κ1) is 17.6. The van der Waals surface area contributed by atoms with Gasteiger partial charge < -0.3 is 4.42 Å². The largest absolute Gasteiger partial charge is 0.437 e. The first-order valence-electron chi connectivity index (χ1n) is 9.89. The Hall–Kier alpha value is -3.46. The molecule has 0 N–H and O–H groups in total. The number of rotatable bonds is 2. The van der Waals surface area contributed by atoms with Crippen molar-refractivity contribution in [2.75, 3.05) is 0 Å². The highest BCUT2D eigenvalue weighted by Crippen LogP contribution is 2.36. The number of benzene rings is 2. The maximum atomic E-state index is 6.30. The first-order chi connectivity index (χ1) is 14.0. The molecule has 0 radical (unpaired) electrons. The van der Waals surface area contributed by atoms with Crippen LogP contribution in [0.4, 0.5) is 0 Å². The molecule has 0 saturated heterocycles. The zero-order valence-electron chi connectivity index (χ0n) is 17.2. The summed E-state index contributed by atoms with van der Waals surface area (Å²) in [6.07, 6.45) is 0. The van der Waals surface area contributed by atoms with E-state index in [4.69, 9.17) is 4.42 Å². The lowest BCUT2D eigenvalue weighted by Crippen LogP contribution is -2.34. The average molecular weight is 379 g/mol. The van der Waals surface area contributed by atoms with Crippen molar-refractivity contribution in [1.82, 2.24) is 4.98 Å². The van der Waals surface area contributed by atoms with Crippen LogP contribution in [0.25, 0.3) is 44.6 Å². The summed E-state index contributed by atoms with van der Waals surface area (Å²) >= 11 is 0. The van der Waals surface area contributed by atoms with Gasteiger partial charge in [0.25, 0.3) is 0 Å². The summed E-state index contributed by atoms with van der Waals surface area (Å²) in [7, 11) is 2.13. The standard InChI is InChI=1S/C26H23N2O/c1-16-8-5-6-9-19(16)22-10-7-11-23(28(22)4)24-17(2)12-14-20-21-15-13-18(3)27-26(21)29-25(20)24/h5-15H,1-4H3/q+1. The third-order valence-corrected chi connectivity index (χ3v) is 5.76. The molecule has 0 saturated carbocycles. The maximum absolute atomic E-state index is 6.30. The van der Waals surface area contributed by atoms with Crippen LogP contribution in [0.2, 0.25) is 0 Å². The molecule has 5 aromatic rings. The molecule has 2 aromatic carbocycles. The lowest BCUT2D eigenvalue weighted by atomic mass is 9.99. The summed E-state index contributed by atoms with van der Waals surface area (Å²) in [6, 6.07) is 23.4. The van der Waals surface area contributed by atoms with Gasteiger partial charge in [0.2, 0.25) is 17.1 Å². The van der Waals surface area contributed by atoms with Crippen LogP contribution in [0.1, 0.15) is 16.8 Å². The molecule has 0 unspecified atom stereocenters. The Labute approximate surface area is 170 Å². The van der Waals surface area contributed by atoms with Crippen molar-refractivity contribution in [1.29, 1.82) is 0 Å². The summed E-state index contributed by atoms with van der Waals surface area (Å²) in [5, 5.41) is 2.17. The van der Waals surface area contributed by atoms with Crippen molar-refractivity contribution in [3.8, 4) is 22.5 Å². The molecule has 29 heavy (non-hydrogen) atoms. The number of aromatic nitrogens is 2. The SMILES string of the molecule is Cc1ccc2c(n1)oc1c(-c3cccc(-c4ccccc4C)[n+]3C)c(C)ccc12. The molecule has 0 aliphatic rings. The van der Waals surface area contributed by atoms with E-state index in [9.17, 15) is 0 Å². The van der Waals surface area contributed by atoms with Crippen LogP contribution in [-0.2, 0) is 7.05 Å². The van der Waals surface area contributed by atoms with E-state index in [-0.39, 0.29) is 0 Å². The zero-order valence-corrected chi connectivity index (χ0v) is 17.2. The second-order valence-corrected chi connectivity index (χ2v) is 7.71. The molecular weight excluding hydrogens is 356 g/mol. The second-order valence-electron chi connectivity index (χ2n) is 7.71. The minimum Gasteiger partial charge on any atom is -0.437 e. The monoisotopic (exact) mass is 379 g/mol. The van der Waals surface area contributed by atoms with Gasteiger partial charge in [-0.15, -0.1) is 0 Å². The van der Waals surface area contributed by atoms with E-state index in [1.165, 1.54) is 22.4 Å². The normalized spacial score (nSPS) is 11.4. The molecule has 0 fully saturated rings. The summed E-state index contributed by atoms with van der Waals surface area (Å²) in [6.45, 7) is 6.28. The Morgan fingerprint density at radius 3 is 2.31 bits per heavy atom. The molecule has 0 aliphatic carbocycles. The first-order valence-corrected chi connectivity index (χ1v) is 9.89. The molecule has 0 bridgehead atoms. The van der Waals surface area contributed by atoms with Crippen LogP contribution < -0.4 is 4.57 Å². The number of hydrogen-bond acceptors (Lipinski definition) is 2. The number of fused-ring (bicyclic) bond motifs is 3. The van der Waals surface area contributed by atoms with Gasteiger partial charge in [-0.25, -0.2) is 4.98 Å². The zero-order chi connectivity index (χ0) is 20.1. The molecule has 3 heterocycles. The Morgan fingerprint density at radius 2 is 1.48 bits per heavy atom. The van der Waals surface area contributed by atoms with Crippen LogP contribution in [0, 0.1) is 20.8 Å². The van der Waals surface area contributed by atoms with Gasteiger partial charge in [0.1, 0.15) is 7.05 Å².